The zero-order chi connectivity index (χ0) is 14.8. The summed E-state index contributed by atoms with van der Waals surface area (Å²) >= 11 is 3.53. The number of carbonyl (C=O) groups is 1. The number of hydrogen-bond donors (Lipinski definition) is 1. The average molecular weight is 331 g/mol. The highest BCUT2D eigenvalue weighted by molar-refractivity contribution is 9.10. The Labute approximate surface area is 121 Å². The second kappa shape index (κ2) is 5.82. The molecule has 0 bridgehead atoms. The highest BCUT2D eigenvalue weighted by Gasteiger charge is 2.32. The van der Waals surface area contributed by atoms with E-state index in [0.717, 1.165) is 15.6 Å². The Morgan fingerprint density at radius 2 is 1.95 bits per heavy atom. The first-order chi connectivity index (χ1) is 8.74. The van der Waals surface area contributed by atoms with E-state index in [0.29, 0.717) is 11.5 Å². The van der Waals surface area contributed by atoms with Gasteiger partial charge in [-0.05, 0) is 18.6 Å². The molecule has 1 N–H and O–H groups in total. The van der Waals surface area contributed by atoms with Gasteiger partial charge in [-0.1, -0.05) is 29.8 Å². The van der Waals surface area contributed by atoms with Crippen molar-refractivity contribution < 1.29 is 19.4 Å². The Kier molecular flexibility index (Phi) is 4.85. The molecule has 1 rings (SSSR count). The molecule has 0 atom stereocenters. The molecule has 0 aliphatic heterocycles. The smallest absolute Gasteiger partial charge is 0.304 e. The Morgan fingerprint density at radius 1 is 1.37 bits per heavy atom. The molecule has 19 heavy (non-hydrogen) atoms. The fourth-order valence-electron chi connectivity index (χ4n) is 2.17. The molecule has 0 amide bonds. The van der Waals surface area contributed by atoms with Gasteiger partial charge < -0.3 is 14.6 Å². The van der Waals surface area contributed by atoms with Crippen molar-refractivity contribution in [2.75, 3.05) is 14.2 Å². The van der Waals surface area contributed by atoms with Gasteiger partial charge in [0.2, 0.25) is 0 Å². The van der Waals surface area contributed by atoms with Crippen molar-refractivity contribution in [1.29, 1.82) is 0 Å². The number of carboxylic acid groups (broad SMARTS) is 1. The number of halogens is 1. The van der Waals surface area contributed by atoms with E-state index in [-0.39, 0.29) is 6.42 Å². The SMILES string of the molecule is COc1cc(C)c(Br)c(C(C)(C)CC(=O)O)c1OC. The minimum absolute atomic E-state index is 0.00850. The Morgan fingerprint density at radius 3 is 2.37 bits per heavy atom. The van der Waals surface area contributed by atoms with Gasteiger partial charge in [-0.3, -0.25) is 4.79 Å². The van der Waals surface area contributed by atoms with Gasteiger partial charge >= 0.3 is 5.97 Å². The zero-order valence-electron chi connectivity index (χ0n) is 11.8. The van der Waals surface area contributed by atoms with Crippen molar-refractivity contribution >= 4 is 21.9 Å². The quantitative estimate of drug-likeness (QED) is 0.897. The third kappa shape index (κ3) is 3.21. The zero-order valence-corrected chi connectivity index (χ0v) is 13.4. The van der Waals surface area contributed by atoms with E-state index in [1.165, 1.54) is 0 Å². The van der Waals surface area contributed by atoms with Crippen LogP contribution in [0.15, 0.2) is 10.5 Å². The van der Waals surface area contributed by atoms with Crippen molar-refractivity contribution in [2.45, 2.75) is 32.6 Å². The van der Waals surface area contributed by atoms with E-state index in [1.54, 1.807) is 14.2 Å². The molecule has 0 aliphatic rings. The lowest BCUT2D eigenvalue weighted by Gasteiger charge is -2.28. The second-order valence-corrected chi connectivity index (χ2v) is 5.87. The van der Waals surface area contributed by atoms with Crippen LogP contribution < -0.4 is 9.47 Å². The van der Waals surface area contributed by atoms with Gasteiger partial charge in [0.1, 0.15) is 0 Å². The van der Waals surface area contributed by atoms with E-state index in [2.05, 4.69) is 15.9 Å². The Bertz CT molecular complexity index is 495. The summed E-state index contributed by atoms with van der Waals surface area (Å²) in [6.07, 6.45) is 0.00850. The standard InChI is InChI=1S/C14H19BrO4/c1-8-6-9(18-4)13(19-5)11(12(8)15)14(2,3)7-10(16)17/h6H,7H2,1-5H3,(H,16,17). The molecule has 0 aliphatic carbocycles. The van der Waals surface area contributed by atoms with Crippen LogP contribution >= 0.6 is 15.9 Å². The molecule has 4 nitrogen and oxygen atoms in total. The lowest BCUT2D eigenvalue weighted by molar-refractivity contribution is -0.138. The van der Waals surface area contributed by atoms with Crippen molar-refractivity contribution in [2.24, 2.45) is 0 Å². The second-order valence-electron chi connectivity index (χ2n) is 5.07. The lowest BCUT2D eigenvalue weighted by Crippen LogP contribution is -2.23. The van der Waals surface area contributed by atoms with Crippen molar-refractivity contribution in [1.82, 2.24) is 0 Å². The van der Waals surface area contributed by atoms with Crippen molar-refractivity contribution in [3.8, 4) is 11.5 Å². The highest BCUT2D eigenvalue weighted by Crippen LogP contribution is 2.46. The van der Waals surface area contributed by atoms with Crippen LogP contribution in [-0.4, -0.2) is 25.3 Å². The van der Waals surface area contributed by atoms with Crippen LogP contribution in [0.4, 0.5) is 0 Å². The van der Waals surface area contributed by atoms with Gasteiger partial charge in [-0.15, -0.1) is 0 Å². The molecule has 0 saturated carbocycles. The number of aliphatic carboxylic acids is 1. The maximum absolute atomic E-state index is 11.1. The summed E-state index contributed by atoms with van der Waals surface area (Å²) in [5.41, 5.74) is 1.22. The average Bonchev–Trinajstić information content (AvgIpc) is 2.29. The Balaban J connectivity index is 3.55. The van der Waals surface area contributed by atoms with Crippen LogP contribution in [-0.2, 0) is 10.2 Å². The monoisotopic (exact) mass is 330 g/mol. The van der Waals surface area contributed by atoms with Crippen LogP contribution in [0.5, 0.6) is 11.5 Å². The first-order valence-corrected chi connectivity index (χ1v) is 6.67. The number of rotatable bonds is 5. The summed E-state index contributed by atoms with van der Waals surface area (Å²) in [7, 11) is 3.12. The molecule has 0 heterocycles. The third-order valence-corrected chi connectivity index (χ3v) is 4.08. The van der Waals surface area contributed by atoms with E-state index in [9.17, 15) is 4.79 Å². The number of hydrogen-bond acceptors (Lipinski definition) is 3. The number of benzene rings is 1. The van der Waals surface area contributed by atoms with Crippen molar-refractivity contribution in [3.05, 3.63) is 21.7 Å². The minimum Gasteiger partial charge on any atom is -0.493 e. The van der Waals surface area contributed by atoms with Crippen LogP contribution in [0, 0.1) is 6.92 Å². The molecule has 5 heteroatoms. The van der Waals surface area contributed by atoms with Gasteiger partial charge in [-0.2, -0.15) is 0 Å². The predicted octanol–water partition coefficient (Wildman–Crippen LogP) is 3.53. The lowest BCUT2D eigenvalue weighted by atomic mass is 9.80. The molecular formula is C14H19BrO4. The molecule has 0 radical (unpaired) electrons. The number of carboxylic acids is 1. The number of ether oxygens (including phenoxy) is 2. The first-order valence-electron chi connectivity index (χ1n) is 5.88. The fraction of sp³-hybridized carbons (Fsp3) is 0.500. The molecular weight excluding hydrogens is 312 g/mol. The van der Waals surface area contributed by atoms with Crippen LogP contribution in [0.3, 0.4) is 0 Å². The fourth-order valence-corrected chi connectivity index (χ4v) is 3.00. The molecule has 0 fully saturated rings. The first kappa shape index (κ1) is 15.8. The number of aryl methyl sites for hydroxylation is 1. The topological polar surface area (TPSA) is 55.8 Å². The molecule has 0 spiro atoms. The summed E-state index contributed by atoms with van der Waals surface area (Å²) < 4.78 is 11.6. The summed E-state index contributed by atoms with van der Waals surface area (Å²) in [4.78, 5) is 11.1. The normalized spacial score (nSPS) is 11.3. The largest absolute Gasteiger partial charge is 0.493 e. The summed E-state index contributed by atoms with van der Waals surface area (Å²) in [6.45, 7) is 5.69. The van der Waals surface area contributed by atoms with E-state index in [4.69, 9.17) is 14.6 Å². The van der Waals surface area contributed by atoms with Gasteiger partial charge in [-0.25, -0.2) is 0 Å². The molecule has 1 aromatic carbocycles. The van der Waals surface area contributed by atoms with Crippen LogP contribution in [0.25, 0.3) is 0 Å². The van der Waals surface area contributed by atoms with Gasteiger partial charge in [0.05, 0.1) is 20.6 Å². The summed E-state index contributed by atoms with van der Waals surface area (Å²) in [5, 5.41) is 9.07. The molecule has 1 aromatic rings. The summed E-state index contributed by atoms with van der Waals surface area (Å²) in [5.74, 6) is 0.335. The molecule has 0 saturated heterocycles. The van der Waals surface area contributed by atoms with Crippen LogP contribution in [0.1, 0.15) is 31.4 Å². The molecule has 0 unspecified atom stereocenters. The van der Waals surface area contributed by atoms with Gasteiger partial charge in [0, 0.05) is 15.5 Å². The Hall–Kier alpha value is -1.23. The van der Waals surface area contributed by atoms with Gasteiger partial charge in [0.15, 0.2) is 11.5 Å². The molecule has 106 valence electrons. The third-order valence-electron chi connectivity index (χ3n) is 3.06. The van der Waals surface area contributed by atoms with Crippen LogP contribution in [0.2, 0.25) is 0 Å². The minimum atomic E-state index is -0.848. The van der Waals surface area contributed by atoms with E-state index < -0.39 is 11.4 Å². The predicted molar refractivity (Wildman–Crippen MR) is 77.3 cm³/mol. The van der Waals surface area contributed by atoms with Gasteiger partial charge in [0.25, 0.3) is 0 Å². The highest BCUT2D eigenvalue weighted by atomic mass is 79.9. The summed E-state index contributed by atoms with van der Waals surface area (Å²) in [6, 6.07) is 1.86. The number of methoxy groups -OCH3 is 2. The van der Waals surface area contributed by atoms with E-state index in [1.807, 2.05) is 26.8 Å². The molecule has 0 aromatic heterocycles. The van der Waals surface area contributed by atoms with E-state index >= 15 is 0 Å². The maximum atomic E-state index is 11.1. The maximum Gasteiger partial charge on any atom is 0.304 e. The van der Waals surface area contributed by atoms with Crippen molar-refractivity contribution in [3.63, 3.8) is 0 Å².